The fourth-order valence-corrected chi connectivity index (χ4v) is 3.82. The third-order valence-electron chi connectivity index (χ3n) is 5.62. The van der Waals surface area contributed by atoms with Crippen LogP contribution in [0.1, 0.15) is 29.7 Å². The number of nitriles is 1. The molecule has 4 rings (SSSR count). The van der Waals surface area contributed by atoms with Crippen molar-refractivity contribution in [3.8, 4) is 17.7 Å². The van der Waals surface area contributed by atoms with Gasteiger partial charge < -0.3 is 23.8 Å². The Labute approximate surface area is 199 Å². The molecule has 11 heteroatoms. The van der Waals surface area contributed by atoms with Gasteiger partial charge in [-0.2, -0.15) is 23.4 Å². The molecule has 0 atom stereocenters. The van der Waals surface area contributed by atoms with Crippen LogP contribution in [0.15, 0.2) is 51.5 Å². The first kappa shape index (κ1) is 24.3. The zero-order valence-electron chi connectivity index (χ0n) is 18.7. The fourth-order valence-electron chi connectivity index (χ4n) is 3.82. The van der Waals surface area contributed by atoms with Crippen LogP contribution in [-0.2, 0) is 22.7 Å². The molecule has 3 aromatic rings. The van der Waals surface area contributed by atoms with Gasteiger partial charge in [0.1, 0.15) is 12.7 Å². The number of anilines is 1. The van der Waals surface area contributed by atoms with Gasteiger partial charge in [0.15, 0.2) is 5.76 Å². The third-order valence-corrected chi connectivity index (χ3v) is 5.62. The number of ether oxygens (including phenoxy) is 1. The zero-order chi connectivity index (χ0) is 24.8. The largest absolute Gasteiger partial charge is 0.459 e. The standard InChI is InChI=1S/C24H23F3N4O4/c25-24(26,27)15-33-14-17-5-3-16(4-6-17)13-29-21(32)18-7-9-31(10-8-18)23-19(12-28)30-22(35-23)20-2-1-11-34-20/h1-6,11,18H,7-10,13-15H2,(H,29,32). The summed E-state index contributed by atoms with van der Waals surface area (Å²) in [5.41, 5.74) is 1.63. The molecule has 1 fully saturated rings. The molecular formula is C24H23F3N4O4. The number of hydrogen-bond donors (Lipinski definition) is 1. The van der Waals surface area contributed by atoms with E-state index in [1.807, 2.05) is 11.0 Å². The monoisotopic (exact) mass is 488 g/mol. The second-order valence-electron chi connectivity index (χ2n) is 8.17. The lowest BCUT2D eigenvalue weighted by Crippen LogP contribution is -2.40. The number of amides is 1. The Bertz CT molecular complexity index is 1160. The highest BCUT2D eigenvalue weighted by atomic mass is 19.4. The molecule has 8 nitrogen and oxygen atoms in total. The van der Waals surface area contributed by atoms with E-state index < -0.39 is 12.8 Å². The van der Waals surface area contributed by atoms with Gasteiger partial charge in [-0.1, -0.05) is 24.3 Å². The van der Waals surface area contributed by atoms with E-state index in [1.165, 1.54) is 6.26 Å². The molecule has 184 valence electrons. The minimum atomic E-state index is -4.35. The van der Waals surface area contributed by atoms with Crippen molar-refractivity contribution in [2.75, 3.05) is 24.6 Å². The molecular weight excluding hydrogens is 465 g/mol. The Morgan fingerprint density at radius 1 is 1.20 bits per heavy atom. The van der Waals surface area contributed by atoms with Crippen LogP contribution in [0, 0.1) is 17.2 Å². The smallest absolute Gasteiger partial charge is 0.411 e. The highest BCUT2D eigenvalue weighted by molar-refractivity contribution is 5.79. The minimum absolute atomic E-state index is 0.0726. The topological polar surface area (TPSA) is 105 Å². The summed E-state index contributed by atoms with van der Waals surface area (Å²) in [7, 11) is 0. The number of piperidine rings is 1. The van der Waals surface area contributed by atoms with Crippen molar-refractivity contribution in [3.63, 3.8) is 0 Å². The van der Waals surface area contributed by atoms with Crippen LogP contribution in [-0.4, -0.2) is 36.8 Å². The number of halogens is 3. The van der Waals surface area contributed by atoms with E-state index in [-0.39, 0.29) is 30.0 Å². The van der Waals surface area contributed by atoms with E-state index >= 15 is 0 Å². The van der Waals surface area contributed by atoms with Gasteiger partial charge in [-0.3, -0.25) is 4.79 Å². The molecule has 1 N–H and O–H groups in total. The summed E-state index contributed by atoms with van der Waals surface area (Å²) in [6, 6.07) is 12.3. The average molecular weight is 488 g/mol. The van der Waals surface area contributed by atoms with Crippen LogP contribution in [0.5, 0.6) is 0 Å². The molecule has 1 aliphatic heterocycles. The van der Waals surface area contributed by atoms with Gasteiger partial charge in [-0.05, 0) is 36.1 Å². The molecule has 0 radical (unpaired) electrons. The number of carbonyl (C=O) groups is 1. The molecule has 0 bridgehead atoms. The first-order valence-corrected chi connectivity index (χ1v) is 11.0. The number of nitrogens with one attached hydrogen (secondary N) is 1. The molecule has 1 amide bonds. The number of oxazole rings is 1. The summed E-state index contributed by atoms with van der Waals surface area (Å²) in [6.07, 6.45) is -1.68. The fraction of sp³-hybridized carbons (Fsp3) is 0.375. The Morgan fingerprint density at radius 2 is 1.91 bits per heavy atom. The highest BCUT2D eigenvalue weighted by Crippen LogP contribution is 2.31. The second-order valence-corrected chi connectivity index (χ2v) is 8.17. The lowest BCUT2D eigenvalue weighted by molar-refractivity contribution is -0.176. The van der Waals surface area contributed by atoms with Crippen molar-refractivity contribution in [1.29, 1.82) is 5.26 Å². The van der Waals surface area contributed by atoms with E-state index in [0.717, 1.165) is 5.56 Å². The summed E-state index contributed by atoms with van der Waals surface area (Å²) in [5.74, 6) is 0.788. The number of nitrogens with zero attached hydrogens (tertiary/aromatic N) is 3. The Hall–Kier alpha value is -3.78. The Kier molecular flexibility index (Phi) is 7.41. The van der Waals surface area contributed by atoms with E-state index in [9.17, 15) is 23.2 Å². The van der Waals surface area contributed by atoms with E-state index in [0.29, 0.717) is 49.7 Å². The van der Waals surface area contributed by atoms with Crippen molar-refractivity contribution >= 4 is 11.8 Å². The molecule has 2 aromatic heterocycles. The molecule has 1 aromatic carbocycles. The third kappa shape index (κ3) is 6.42. The van der Waals surface area contributed by atoms with E-state index in [4.69, 9.17) is 8.83 Å². The van der Waals surface area contributed by atoms with Crippen LogP contribution in [0.2, 0.25) is 0 Å². The second kappa shape index (κ2) is 10.7. The summed E-state index contributed by atoms with van der Waals surface area (Å²) in [4.78, 5) is 18.7. The number of hydrogen-bond acceptors (Lipinski definition) is 7. The molecule has 1 aliphatic rings. The van der Waals surface area contributed by atoms with Crippen LogP contribution in [0.4, 0.5) is 19.1 Å². The molecule has 0 aliphatic carbocycles. The number of aromatic nitrogens is 1. The van der Waals surface area contributed by atoms with Gasteiger partial charge in [0.2, 0.25) is 17.5 Å². The Balaban J connectivity index is 1.24. The summed E-state index contributed by atoms with van der Waals surface area (Å²) >= 11 is 0. The van der Waals surface area contributed by atoms with Crippen LogP contribution < -0.4 is 10.2 Å². The summed E-state index contributed by atoms with van der Waals surface area (Å²) in [6.45, 7) is -0.0380. The lowest BCUT2D eigenvalue weighted by Gasteiger charge is -2.31. The lowest BCUT2D eigenvalue weighted by atomic mass is 9.96. The van der Waals surface area contributed by atoms with Crippen molar-refractivity contribution < 1.29 is 31.5 Å². The maximum absolute atomic E-state index is 12.6. The predicted octanol–water partition coefficient (Wildman–Crippen LogP) is 4.42. The Morgan fingerprint density at radius 3 is 2.54 bits per heavy atom. The molecule has 0 spiro atoms. The zero-order valence-corrected chi connectivity index (χ0v) is 18.7. The molecule has 0 unspecified atom stereocenters. The molecule has 35 heavy (non-hydrogen) atoms. The van der Waals surface area contributed by atoms with Crippen LogP contribution in [0.3, 0.4) is 0 Å². The van der Waals surface area contributed by atoms with E-state index in [2.05, 4.69) is 15.0 Å². The predicted molar refractivity (Wildman–Crippen MR) is 118 cm³/mol. The van der Waals surface area contributed by atoms with Crippen LogP contribution >= 0.6 is 0 Å². The quantitative estimate of drug-likeness (QED) is 0.501. The number of furan rings is 1. The van der Waals surface area contributed by atoms with E-state index in [1.54, 1.807) is 36.4 Å². The highest BCUT2D eigenvalue weighted by Gasteiger charge is 2.29. The van der Waals surface area contributed by atoms with Gasteiger partial charge >= 0.3 is 6.18 Å². The number of carbonyl (C=O) groups excluding carboxylic acids is 1. The van der Waals surface area contributed by atoms with Crippen molar-refractivity contribution in [3.05, 3.63) is 59.5 Å². The SMILES string of the molecule is N#Cc1nc(-c2ccco2)oc1N1CCC(C(=O)NCc2ccc(COCC(F)(F)F)cc2)CC1. The van der Waals surface area contributed by atoms with Gasteiger partial charge in [-0.25, -0.2) is 0 Å². The average Bonchev–Trinajstić information content (AvgIpc) is 3.53. The maximum Gasteiger partial charge on any atom is 0.411 e. The minimum Gasteiger partial charge on any atom is -0.459 e. The molecule has 1 saturated heterocycles. The van der Waals surface area contributed by atoms with Gasteiger partial charge in [0.05, 0.1) is 12.9 Å². The first-order chi connectivity index (χ1) is 16.8. The summed E-state index contributed by atoms with van der Waals surface area (Å²) < 4.78 is 52.2. The first-order valence-electron chi connectivity index (χ1n) is 11.0. The number of rotatable bonds is 8. The van der Waals surface area contributed by atoms with Crippen LogP contribution in [0.25, 0.3) is 11.7 Å². The molecule has 0 saturated carbocycles. The summed E-state index contributed by atoms with van der Waals surface area (Å²) in [5, 5.41) is 12.3. The number of alkyl halides is 3. The van der Waals surface area contributed by atoms with Gasteiger partial charge in [-0.15, -0.1) is 0 Å². The van der Waals surface area contributed by atoms with Gasteiger partial charge in [0, 0.05) is 25.6 Å². The van der Waals surface area contributed by atoms with Gasteiger partial charge in [0.25, 0.3) is 5.89 Å². The van der Waals surface area contributed by atoms with Crippen molar-refractivity contribution in [2.45, 2.75) is 32.2 Å². The molecule has 3 heterocycles. The van der Waals surface area contributed by atoms with Crippen molar-refractivity contribution in [1.82, 2.24) is 10.3 Å². The van der Waals surface area contributed by atoms with Crippen molar-refractivity contribution in [2.24, 2.45) is 5.92 Å². The maximum atomic E-state index is 12.6. The normalized spacial score (nSPS) is 14.6. The number of benzene rings is 1.